The van der Waals surface area contributed by atoms with Crippen molar-refractivity contribution < 1.29 is 4.74 Å². The van der Waals surface area contributed by atoms with E-state index in [0.29, 0.717) is 23.3 Å². The zero-order chi connectivity index (χ0) is 22.1. The summed E-state index contributed by atoms with van der Waals surface area (Å²) in [7, 11) is 0. The highest BCUT2D eigenvalue weighted by Gasteiger charge is 2.35. The Bertz CT molecular complexity index is 822. The molecule has 0 atom stereocenters. The Morgan fingerprint density at radius 3 is 2.20 bits per heavy atom. The summed E-state index contributed by atoms with van der Waals surface area (Å²) in [4.78, 5) is 12.9. The fourth-order valence-electron chi connectivity index (χ4n) is 3.85. The van der Waals surface area contributed by atoms with Crippen molar-refractivity contribution in [1.29, 1.82) is 0 Å². The summed E-state index contributed by atoms with van der Waals surface area (Å²) in [6, 6.07) is 8.78. The molecule has 0 amide bonds. The standard InChI is InChI=1S/C20H24N4O.C3H8.C2H6/c1-20(2)17(24-16-18(21)22-12-23-19(16)25-20)15-10-8-14(9-11-15)13-6-4-3-5-7-13;1-3-2;1-2/h8-13H,3-7H2,1-2H3,(H2,21,22,23);3H2,1-2H3;1-2H3. The molecule has 0 saturated heterocycles. The van der Waals surface area contributed by atoms with E-state index in [1.165, 1.54) is 50.4 Å². The van der Waals surface area contributed by atoms with Crippen LogP contribution < -0.4 is 10.5 Å². The molecule has 164 valence electrons. The van der Waals surface area contributed by atoms with Gasteiger partial charge >= 0.3 is 0 Å². The van der Waals surface area contributed by atoms with Crippen LogP contribution in [-0.2, 0) is 0 Å². The number of aliphatic imine (C=N–C) groups is 1. The Labute approximate surface area is 182 Å². The van der Waals surface area contributed by atoms with E-state index in [1.807, 2.05) is 27.7 Å². The van der Waals surface area contributed by atoms with Gasteiger partial charge in [0.05, 0.1) is 5.71 Å². The second-order valence-corrected chi connectivity index (χ2v) is 8.15. The van der Waals surface area contributed by atoms with Gasteiger partial charge in [0.1, 0.15) is 11.9 Å². The molecule has 1 aromatic heterocycles. The molecule has 5 heteroatoms. The van der Waals surface area contributed by atoms with Gasteiger partial charge in [-0.05, 0) is 38.2 Å². The van der Waals surface area contributed by atoms with Gasteiger partial charge in [0.15, 0.2) is 11.5 Å². The third-order valence-electron chi connectivity index (χ3n) is 5.22. The van der Waals surface area contributed by atoms with Crippen LogP contribution >= 0.6 is 0 Å². The molecule has 2 aliphatic rings. The lowest BCUT2D eigenvalue weighted by molar-refractivity contribution is 0.171. The normalized spacial score (nSPS) is 17.2. The zero-order valence-corrected chi connectivity index (χ0v) is 19.5. The lowest BCUT2D eigenvalue weighted by atomic mass is 9.83. The highest BCUT2D eigenvalue weighted by atomic mass is 16.5. The van der Waals surface area contributed by atoms with Crippen LogP contribution in [0.2, 0.25) is 0 Å². The molecule has 2 N–H and O–H groups in total. The first-order valence-corrected chi connectivity index (χ1v) is 11.4. The number of nitrogen functional groups attached to an aromatic ring is 1. The van der Waals surface area contributed by atoms with Crippen LogP contribution in [0, 0.1) is 0 Å². The first-order valence-electron chi connectivity index (χ1n) is 11.4. The van der Waals surface area contributed by atoms with E-state index in [0.717, 1.165) is 11.3 Å². The van der Waals surface area contributed by atoms with Crippen molar-refractivity contribution in [2.24, 2.45) is 4.99 Å². The molecule has 2 aromatic rings. The summed E-state index contributed by atoms with van der Waals surface area (Å²) < 4.78 is 6.05. The summed E-state index contributed by atoms with van der Waals surface area (Å²) in [5.74, 6) is 1.49. The largest absolute Gasteiger partial charge is 0.463 e. The van der Waals surface area contributed by atoms with Gasteiger partial charge in [-0.25, -0.2) is 9.98 Å². The molecule has 2 heterocycles. The van der Waals surface area contributed by atoms with Gasteiger partial charge in [0.25, 0.3) is 0 Å². The number of nitrogens with two attached hydrogens (primary N) is 1. The minimum absolute atomic E-state index is 0.344. The Kier molecular flexibility index (Phi) is 8.82. The SMILES string of the molecule is CC.CC1(C)Oc2ncnc(N)c2N=C1c1ccc(C2CCCCC2)cc1.CCC. The average Bonchev–Trinajstić information content (AvgIpc) is 2.76. The van der Waals surface area contributed by atoms with Crippen molar-refractivity contribution in [1.82, 2.24) is 9.97 Å². The molecule has 0 radical (unpaired) electrons. The van der Waals surface area contributed by atoms with Crippen LogP contribution in [0.4, 0.5) is 11.5 Å². The van der Waals surface area contributed by atoms with Crippen LogP contribution in [0.1, 0.15) is 97.1 Å². The fraction of sp³-hybridized carbons (Fsp3) is 0.560. The Hall–Kier alpha value is -2.43. The maximum Gasteiger partial charge on any atom is 0.246 e. The van der Waals surface area contributed by atoms with Crippen molar-refractivity contribution in [3.05, 3.63) is 41.7 Å². The monoisotopic (exact) mass is 410 g/mol. The van der Waals surface area contributed by atoms with Gasteiger partial charge in [-0.3, -0.25) is 0 Å². The summed E-state index contributed by atoms with van der Waals surface area (Å²) in [5, 5.41) is 0. The minimum atomic E-state index is -0.569. The van der Waals surface area contributed by atoms with Crippen LogP contribution in [-0.4, -0.2) is 21.3 Å². The van der Waals surface area contributed by atoms with E-state index in [9.17, 15) is 0 Å². The van der Waals surface area contributed by atoms with E-state index in [1.54, 1.807) is 0 Å². The van der Waals surface area contributed by atoms with E-state index in [2.05, 4.69) is 48.1 Å². The fourth-order valence-corrected chi connectivity index (χ4v) is 3.85. The number of benzene rings is 1. The van der Waals surface area contributed by atoms with Crippen molar-refractivity contribution >= 4 is 17.2 Å². The topological polar surface area (TPSA) is 73.4 Å². The molecule has 1 aliphatic carbocycles. The second kappa shape index (κ2) is 11.1. The lowest BCUT2D eigenvalue weighted by Gasteiger charge is -2.32. The number of hydrogen-bond donors (Lipinski definition) is 1. The Balaban J connectivity index is 0.000000590. The van der Waals surface area contributed by atoms with Gasteiger partial charge < -0.3 is 10.5 Å². The summed E-state index contributed by atoms with van der Waals surface area (Å²) in [5.41, 5.74) is 9.25. The van der Waals surface area contributed by atoms with Crippen LogP contribution in [0.15, 0.2) is 35.6 Å². The van der Waals surface area contributed by atoms with E-state index >= 15 is 0 Å². The summed E-state index contributed by atoms with van der Waals surface area (Å²) in [6.07, 6.45) is 9.32. The number of aromatic nitrogens is 2. The van der Waals surface area contributed by atoms with E-state index < -0.39 is 5.60 Å². The number of hydrogen-bond acceptors (Lipinski definition) is 5. The van der Waals surface area contributed by atoms with Gasteiger partial charge in [-0.15, -0.1) is 0 Å². The molecule has 0 unspecified atom stereocenters. The molecule has 0 spiro atoms. The summed E-state index contributed by atoms with van der Waals surface area (Å²) in [6.45, 7) is 12.3. The van der Waals surface area contributed by atoms with Gasteiger partial charge in [0.2, 0.25) is 5.88 Å². The number of fused-ring (bicyclic) bond motifs is 1. The third kappa shape index (κ3) is 5.59. The number of nitrogens with zero attached hydrogens (tertiary/aromatic N) is 3. The Morgan fingerprint density at radius 1 is 1.00 bits per heavy atom. The number of rotatable bonds is 2. The zero-order valence-electron chi connectivity index (χ0n) is 19.5. The molecule has 1 saturated carbocycles. The van der Waals surface area contributed by atoms with E-state index in [4.69, 9.17) is 15.5 Å². The second-order valence-electron chi connectivity index (χ2n) is 8.15. The minimum Gasteiger partial charge on any atom is -0.463 e. The lowest BCUT2D eigenvalue weighted by Crippen LogP contribution is -2.41. The highest BCUT2D eigenvalue weighted by molar-refractivity contribution is 6.09. The Morgan fingerprint density at radius 2 is 1.60 bits per heavy atom. The van der Waals surface area contributed by atoms with Crippen LogP contribution in [0.25, 0.3) is 0 Å². The molecule has 4 rings (SSSR count). The molecule has 0 bridgehead atoms. The maximum absolute atomic E-state index is 6.05. The number of ether oxygens (including phenoxy) is 1. The van der Waals surface area contributed by atoms with Crippen LogP contribution in [0.5, 0.6) is 5.88 Å². The van der Waals surface area contributed by atoms with Crippen molar-refractivity contribution in [2.45, 2.75) is 91.6 Å². The maximum atomic E-state index is 6.05. The molecule has 5 nitrogen and oxygen atoms in total. The van der Waals surface area contributed by atoms with Gasteiger partial charge in [-0.1, -0.05) is 77.6 Å². The molecule has 1 fully saturated rings. The molecule has 1 aliphatic heterocycles. The quantitative estimate of drug-likeness (QED) is 0.588. The molecule has 1 aromatic carbocycles. The van der Waals surface area contributed by atoms with Gasteiger partial charge in [0, 0.05) is 5.56 Å². The molecule has 30 heavy (non-hydrogen) atoms. The number of anilines is 1. The van der Waals surface area contributed by atoms with Crippen molar-refractivity contribution in [3.8, 4) is 5.88 Å². The molecular weight excluding hydrogens is 372 g/mol. The van der Waals surface area contributed by atoms with Crippen molar-refractivity contribution in [3.63, 3.8) is 0 Å². The molecular formula is C25H38N4O. The predicted octanol–water partition coefficient (Wildman–Crippen LogP) is 6.84. The average molecular weight is 411 g/mol. The smallest absolute Gasteiger partial charge is 0.246 e. The van der Waals surface area contributed by atoms with Crippen LogP contribution in [0.3, 0.4) is 0 Å². The first-order chi connectivity index (χ1) is 14.5. The van der Waals surface area contributed by atoms with Crippen molar-refractivity contribution in [2.75, 3.05) is 5.73 Å². The van der Waals surface area contributed by atoms with E-state index in [-0.39, 0.29) is 0 Å². The predicted molar refractivity (Wildman–Crippen MR) is 127 cm³/mol. The first kappa shape index (κ1) is 23.8. The van der Waals surface area contributed by atoms with Gasteiger partial charge in [-0.2, -0.15) is 4.98 Å². The third-order valence-corrected chi connectivity index (χ3v) is 5.22. The summed E-state index contributed by atoms with van der Waals surface area (Å²) >= 11 is 0. The highest BCUT2D eigenvalue weighted by Crippen LogP contribution is 2.39.